The highest BCUT2D eigenvalue weighted by atomic mass is 79.9. The van der Waals surface area contributed by atoms with E-state index in [1.54, 1.807) is 44.3 Å². The molecule has 0 bridgehead atoms. The van der Waals surface area contributed by atoms with Crippen molar-refractivity contribution in [2.45, 2.75) is 6.92 Å². The Kier molecular flexibility index (Phi) is 6.31. The lowest BCUT2D eigenvalue weighted by molar-refractivity contribution is 0.0526. The number of hydrogen-bond donors (Lipinski definition) is 0. The van der Waals surface area contributed by atoms with E-state index in [1.165, 1.54) is 0 Å². The molecule has 0 aliphatic rings. The maximum absolute atomic E-state index is 11.7. The van der Waals surface area contributed by atoms with Crippen molar-refractivity contribution in [1.82, 2.24) is 0 Å². The Balaban J connectivity index is 2.11. The second kappa shape index (κ2) is 8.44. The fourth-order valence-corrected chi connectivity index (χ4v) is 2.35. The van der Waals surface area contributed by atoms with Crippen LogP contribution in [0.15, 0.2) is 57.3 Å². The Morgan fingerprint density at radius 2 is 1.92 bits per heavy atom. The first kappa shape index (κ1) is 17.9. The fourth-order valence-electron chi connectivity index (χ4n) is 1.89. The van der Waals surface area contributed by atoms with Crippen molar-refractivity contribution >= 4 is 33.3 Å². The summed E-state index contributed by atoms with van der Waals surface area (Å²) in [5, 5.41) is 10.00. The molecule has 0 aliphatic carbocycles. The Morgan fingerprint density at radius 3 is 2.50 bits per heavy atom. The van der Waals surface area contributed by atoms with Gasteiger partial charge in [0.25, 0.3) is 0 Å². The molecule has 24 heavy (non-hydrogen) atoms. The summed E-state index contributed by atoms with van der Waals surface area (Å²) in [4.78, 5) is 11.7. The number of anilines is 1. The molecule has 7 heteroatoms. The predicted octanol–water partition coefficient (Wildman–Crippen LogP) is 4.77. The zero-order valence-corrected chi connectivity index (χ0v) is 15.3. The minimum absolute atomic E-state index is 0.338. The topological polar surface area (TPSA) is 63.5 Å². The Hall–Kier alpha value is -2.41. The maximum Gasteiger partial charge on any atom is 0.338 e. The average molecular weight is 392 g/mol. The third-order valence-electron chi connectivity index (χ3n) is 3.19. The van der Waals surface area contributed by atoms with Gasteiger partial charge in [0.05, 0.1) is 25.0 Å². The van der Waals surface area contributed by atoms with Crippen LogP contribution < -0.4 is 9.75 Å². The highest BCUT2D eigenvalue weighted by Crippen LogP contribution is 2.28. The molecule has 0 heterocycles. The van der Waals surface area contributed by atoms with Crippen molar-refractivity contribution in [3.8, 4) is 5.75 Å². The number of rotatable bonds is 6. The van der Waals surface area contributed by atoms with E-state index in [-0.39, 0.29) is 5.97 Å². The van der Waals surface area contributed by atoms with Crippen LogP contribution in [0, 0.1) is 0 Å². The van der Waals surface area contributed by atoms with Gasteiger partial charge in [0.1, 0.15) is 11.4 Å². The van der Waals surface area contributed by atoms with Gasteiger partial charge >= 0.3 is 5.97 Å². The normalized spacial score (nSPS) is 10.7. The van der Waals surface area contributed by atoms with Gasteiger partial charge in [0, 0.05) is 11.5 Å². The molecule has 0 fully saturated rings. The largest absolute Gasteiger partial charge is 0.497 e. The Morgan fingerprint density at radius 1 is 1.21 bits per heavy atom. The molecular formula is C17H18BrN3O3. The van der Waals surface area contributed by atoms with Gasteiger partial charge in [0.15, 0.2) is 0 Å². The van der Waals surface area contributed by atoms with Crippen LogP contribution in [0.3, 0.4) is 0 Å². The summed E-state index contributed by atoms with van der Waals surface area (Å²) in [5.74, 6) is 0.415. The first-order valence-corrected chi connectivity index (χ1v) is 8.10. The Labute approximate surface area is 149 Å². The zero-order chi connectivity index (χ0) is 17.5. The number of methoxy groups -OCH3 is 1. The number of carbonyl (C=O) groups is 1. The number of carbonyl (C=O) groups excluding carboxylic acids is 1. The molecule has 0 aromatic heterocycles. The average Bonchev–Trinajstić information content (AvgIpc) is 2.60. The molecule has 0 atom stereocenters. The van der Waals surface area contributed by atoms with Gasteiger partial charge in [-0.1, -0.05) is 5.22 Å². The summed E-state index contributed by atoms with van der Waals surface area (Å²) in [6.45, 7) is 2.11. The molecule has 0 aliphatic heterocycles. The fraction of sp³-hybridized carbons (Fsp3) is 0.235. The molecule has 0 N–H and O–H groups in total. The van der Waals surface area contributed by atoms with Crippen LogP contribution in [0.1, 0.15) is 17.3 Å². The van der Waals surface area contributed by atoms with Crippen LogP contribution in [0.2, 0.25) is 0 Å². The van der Waals surface area contributed by atoms with E-state index in [0.717, 1.165) is 11.4 Å². The smallest absolute Gasteiger partial charge is 0.338 e. The number of halogens is 1. The van der Waals surface area contributed by atoms with Crippen LogP contribution in [0.25, 0.3) is 0 Å². The van der Waals surface area contributed by atoms with Crippen molar-refractivity contribution < 1.29 is 14.3 Å². The molecule has 0 spiro atoms. The van der Waals surface area contributed by atoms with Gasteiger partial charge in [-0.15, -0.1) is 5.11 Å². The van der Waals surface area contributed by atoms with Crippen molar-refractivity contribution in [3.63, 3.8) is 0 Å². The van der Waals surface area contributed by atoms with Crippen LogP contribution in [-0.2, 0) is 4.74 Å². The lowest BCUT2D eigenvalue weighted by Crippen LogP contribution is -2.07. The van der Waals surface area contributed by atoms with Crippen molar-refractivity contribution in [2.75, 3.05) is 25.8 Å². The van der Waals surface area contributed by atoms with E-state index in [1.807, 2.05) is 24.3 Å². The minimum atomic E-state index is -0.364. The Bertz CT molecular complexity index is 732. The van der Waals surface area contributed by atoms with Gasteiger partial charge in [0.2, 0.25) is 0 Å². The number of esters is 1. The number of nitrogens with zero attached hydrogens (tertiary/aromatic N) is 3. The van der Waals surface area contributed by atoms with Gasteiger partial charge in [-0.3, -0.25) is 0 Å². The summed E-state index contributed by atoms with van der Waals surface area (Å²) in [5.41, 5.74) is 1.95. The minimum Gasteiger partial charge on any atom is -0.497 e. The highest BCUT2D eigenvalue weighted by Gasteiger charge is 2.09. The monoisotopic (exact) mass is 391 g/mol. The first-order valence-electron chi connectivity index (χ1n) is 7.31. The van der Waals surface area contributed by atoms with E-state index in [4.69, 9.17) is 9.47 Å². The van der Waals surface area contributed by atoms with Crippen LogP contribution in [0.4, 0.5) is 11.4 Å². The second-order valence-corrected chi connectivity index (χ2v) is 5.65. The number of ether oxygens (including phenoxy) is 2. The third kappa shape index (κ3) is 4.55. The van der Waals surface area contributed by atoms with Crippen molar-refractivity contribution in [2.24, 2.45) is 10.3 Å². The lowest BCUT2D eigenvalue weighted by Gasteiger charge is -2.12. The van der Waals surface area contributed by atoms with Crippen molar-refractivity contribution in [3.05, 3.63) is 52.5 Å². The molecule has 0 radical (unpaired) electrons. The summed E-state index contributed by atoms with van der Waals surface area (Å²) in [6.07, 6.45) is 0. The van der Waals surface area contributed by atoms with Crippen LogP contribution >= 0.6 is 15.9 Å². The molecule has 2 aromatic carbocycles. The molecule has 126 valence electrons. The summed E-state index contributed by atoms with van der Waals surface area (Å²) in [7, 11) is 3.42. The van der Waals surface area contributed by atoms with Gasteiger partial charge in [-0.25, -0.2) is 9.80 Å². The molecule has 0 unspecified atom stereocenters. The third-order valence-corrected chi connectivity index (χ3v) is 3.83. The van der Waals surface area contributed by atoms with Crippen molar-refractivity contribution in [1.29, 1.82) is 0 Å². The summed E-state index contributed by atoms with van der Waals surface area (Å²) in [6, 6.07) is 12.5. The van der Waals surface area contributed by atoms with Crippen LogP contribution in [-0.4, -0.2) is 26.7 Å². The summed E-state index contributed by atoms with van der Waals surface area (Å²) >= 11 is 3.40. The zero-order valence-electron chi connectivity index (χ0n) is 13.7. The van der Waals surface area contributed by atoms with Gasteiger partial charge < -0.3 is 9.47 Å². The quantitative estimate of drug-likeness (QED) is 0.404. The van der Waals surface area contributed by atoms with Gasteiger partial charge in [-0.05, 0) is 65.3 Å². The summed E-state index contributed by atoms with van der Waals surface area (Å²) < 4.78 is 10.8. The maximum atomic E-state index is 11.7. The molecule has 0 amide bonds. The van der Waals surface area contributed by atoms with E-state index >= 15 is 0 Å². The predicted molar refractivity (Wildman–Crippen MR) is 96.0 cm³/mol. The first-order chi connectivity index (χ1) is 11.5. The molecule has 6 nitrogen and oxygen atoms in total. The lowest BCUT2D eigenvalue weighted by atomic mass is 10.2. The molecule has 2 aromatic rings. The number of hydrogen-bond acceptors (Lipinski definition) is 5. The molecule has 0 saturated carbocycles. The second-order valence-electron chi connectivity index (χ2n) is 4.80. The standard InChI is InChI=1S/C17H18BrN3O3/c1-4-24-17(22)12-5-10-16(15(18)11-12)19-20-21(2)13-6-8-14(23-3)9-7-13/h5-11H,4H2,1-3H3. The molecule has 0 saturated heterocycles. The van der Waals surface area contributed by atoms with E-state index in [9.17, 15) is 4.79 Å². The van der Waals surface area contributed by atoms with Gasteiger partial charge in [-0.2, -0.15) is 0 Å². The van der Waals surface area contributed by atoms with E-state index in [0.29, 0.717) is 22.3 Å². The number of benzene rings is 2. The molecule has 2 rings (SSSR count). The molecular weight excluding hydrogens is 374 g/mol. The van der Waals surface area contributed by atoms with E-state index in [2.05, 4.69) is 26.3 Å². The van der Waals surface area contributed by atoms with Crippen LogP contribution in [0.5, 0.6) is 5.75 Å². The SMILES string of the molecule is CCOC(=O)c1ccc(N=NN(C)c2ccc(OC)cc2)c(Br)c1. The van der Waals surface area contributed by atoms with E-state index < -0.39 is 0 Å². The highest BCUT2D eigenvalue weighted by molar-refractivity contribution is 9.10.